The van der Waals surface area contributed by atoms with Gasteiger partial charge in [0.15, 0.2) is 0 Å². The fraction of sp³-hybridized carbons (Fsp3) is 0.500. The van der Waals surface area contributed by atoms with E-state index in [1.807, 2.05) is 18.7 Å². The fourth-order valence-corrected chi connectivity index (χ4v) is 3.24. The van der Waals surface area contributed by atoms with Gasteiger partial charge in [-0.3, -0.25) is 14.9 Å². The number of carbonyl (C=O) groups is 1. The van der Waals surface area contributed by atoms with Gasteiger partial charge in [-0.15, -0.1) is 24.2 Å². The number of benzene rings is 1. The van der Waals surface area contributed by atoms with E-state index in [9.17, 15) is 14.9 Å². The first-order valence-electron chi connectivity index (χ1n) is 6.91. The number of halogens is 1. The van der Waals surface area contributed by atoms with Gasteiger partial charge in [-0.1, -0.05) is 0 Å². The van der Waals surface area contributed by atoms with Crippen molar-refractivity contribution in [2.75, 3.05) is 19.6 Å². The molecule has 1 aliphatic rings. The van der Waals surface area contributed by atoms with Crippen LogP contribution in [0.25, 0.3) is 0 Å². The van der Waals surface area contributed by atoms with Gasteiger partial charge in [0.25, 0.3) is 5.69 Å². The Bertz CT molecular complexity index is 527. The summed E-state index contributed by atoms with van der Waals surface area (Å²) in [4.78, 5) is 25.4. The van der Waals surface area contributed by atoms with Crippen LogP contribution in [0.4, 0.5) is 5.69 Å². The minimum Gasteiger partial charge on any atom is -0.336 e. The topological polar surface area (TPSA) is 75.5 Å². The third kappa shape index (κ3) is 4.59. The van der Waals surface area contributed by atoms with Crippen LogP contribution in [-0.2, 0) is 4.79 Å². The molecule has 8 heteroatoms. The van der Waals surface area contributed by atoms with Crippen molar-refractivity contribution < 1.29 is 9.72 Å². The normalized spacial score (nSPS) is 19.2. The number of rotatable bonds is 4. The predicted molar refractivity (Wildman–Crippen MR) is 89.7 cm³/mol. The van der Waals surface area contributed by atoms with Crippen molar-refractivity contribution in [3.8, 4) is 0 Å². The molecule has 1 fully saturated rings. The lowest BCUT2D eigenvalue weighted by Gasteiger charge is -2.35. The Morgan fingerprint density at radius 2 is 2.09 bits per heavy atom. The molecule has 1 heterocycles. The van der Waals surface area contributed by atoms with E-state index in [0.29, 0.717) is 0 Å². The Hall–Kier alpha value is -1.31. The molecule has 0 saturated carbocycles. The first-order chi connectivity index (χ1) is 9.99. The molecule has 2 atom stereocenters. The average molecular weight is 346 g/mol. The summed E-state index contributed by atoms with van der Waals surface area (Å²) in [5.74, 6) is 0.118. The van der Waals surface area contributed by atoms with Crippen molar-refractivity contribution >= 4 is 35.8 Å². The van der Waals surface area contributed by atoms with Crippen LogP contribution in [-0.4, -0.2) is 46.7 Å². The number of nitro groups is 1. The van der Waals surface area contributed by atoms with Crippen molar-refractivity contribution in [1.82, 2.24) is 10.2 Å². The third-order valence-corrected chi connectivity index (χ3v) is 4.59. The molecule has 6 nitrogen and oxygen atoms in total. The second-order valence-corrected chi connectivity index (χ2v) is 6.51. The van der Waals surface area contributed by atoms with E-state index in [2.05, 4.69) is 5.32 Å². The number of piperazine rings is 1. The number of hydrogen-bond acceptors (Lipinski definition) is 5. The molecule has 1 amide bonds. The summed E-state index contributed by atoms with van der Waals surface area (Å²) in [6.07, 6.45) is 0. The van der Waals surface area contributed by atoms with Crippen LogP contribution in [0, 0.1) is 10.1 Å². The molecule has 2 rings (SSSR count). The zero-order valence-electron chi connectivity index (χ0n) is 12.5. The van der Waals surface area contributed by atoms with Crippen molar-refractivity contribution in [3.63, 3.8) is 0 Å². The van der Waals surface area contributed by atoms with Gasteiger partial charge in [0, 0.05) is 42.7 Å². The van der Waals surface area contributed by atoms with Crippen molar-refractivity contribution in [3.05, 3.63) is 34.4 Å². The Kier molecular flexibility index (Phi) is 7.12. The minimum absolute atomic E-state index is 0. The van der Waals surface area contributed by atoms with Crippen molar-refractivity contribution in [2.45, 2.75) is 30.0 Å². The molecule has 22 heavy (non-hydrogen) atoms. The maximum atomic E-state index is 12.5. The molecular formula is C14H20ClN3O3S. The van der Waals surface area contributed by atoms with E-state index in [4.69, 9.17) is 0 Å². The monoisotopic (exact) mass is 345 g/mol. The van der Waals surface area contributed by atoms with Crippen LogP contribution in [0.2, 0.25) is 0 Å². The number of nitrogens with one attached hydrogen (secondary N) is 1. The summed E-state index contributed by atoms with van der Waals surface area (Å²) in [5.41, 5.74) is 0.0639. The van der Waals surface area contributed by atoms with Crippen molar-refractivity contribution in [2.24, 2.45) is 0 Å². The van der Waals surface area contributed by atoms with Gasteiger partial charge < -0.3 is 10.2 Å². The minimum atomic E-state index is -0.425. The molecule has 0 bridgehead atoms. The zero-order valence-corrected chi connectivity index (χ0v) is 14.2. The van der Waals surface area contributed by atoms with Crippen LogP contribution in [0.1, 0.15) is 13.8 Å². The number of nitro benzene ring substituents is 1. The molecule has 0 aliphatic carbocycles. The Morgan fingerprint density at radius 3 is 2.64 bits per heavy atom. The number of carbonyl (C=O) groups excluding carboxylic acids is 1. The van der Waals surface area contributed by atoms with Gasteiger partial charge in [0.05, 0.1) is 10.2 Å². The summed E-state index contributed by atoms with van der Waals surface area (Å²) in [6, 6.07) is 6.51. The molecule has 0 radical (unpaired) electrons. The van der Waals surface area contributed by atoms with Gasteiger partial charge in [0.1, 0.15) is 0 Å². The number of thioether (sulfide) groups is 1. The summed E-state index contributed by atoms with van der Waals surface area (Å²) in [7, 11) is 0. The van der Waals surface area contributed by atoms with Crippen LogP contribution < -0.4 is 5.32 Å². The SMILES string of the molecule is CC(Sc1ccc([N+](=O)[O-])cc1)C(=O)N1CCNC[C@@H]1C.Cl. The highest BCUT2D eigenvalue weighted by Crippen LogP contribution is 2.27. The molecule has 0 aromatic heterocycles. The van der Waals surface area contributed by atoms with Crippen LogP contribution in [0.15, 0.2) is 29.2 Å². The van der Waals surface area contributed by atoms with Gasteiger partial charge >= 0.3 is 0 Å². The van der Waals surface area contributed by atoms with Crippen LogP contribution in [0.5, 0.6) is 0 Å². The second kappa shape index (κ2) is 8.36. The maximum Gasteiger partial charge on any atom is 0.269 e. The summed E-state index contributed by atoms with van der Waals surface area (Å²) < 4.78 is 0. The number of hydrogen-bond donors (Lipinski definition) is 1. The number of non-ortho nitro benzene ring substituents is 1. The Labute approximate surface area is 140 Å². The molecule has 1 unspecified atom stereocenters. The largest absolute Gasteiger partial charge is 0.336 e. The molecule has 1 aliphatic heterocycles. The fourth-order valence-electron chi connectivity index (χ4n) is 2.30. The molecule has 1 N–H and O–H groups in total. The van der Waals surface area contributed by atoms with E-state index in [1.165, 1.54) is 23.9 Å². The lowest BCUT2D eigenvalue weighted by atomic mass is 10.2. The Balaban J connectivity index is 0.00000242. The average Bonchev–Trinajstić information content (AvgIpc) is 2.47. The molecular weight excluding hydrogens is 326 g/mol. The van der Waals surface area contributed by atoms with E-state index in [1.54, 1.807) is 12.1 Å². The lowest BCUT2D eigenvalue weighted by molar-refractivity contribution is -0.384. The second-order valence-electron chi connectivity index (χ2n) is 5.10. The first-order valence-corrected chi connectivity index (χ1v) is 7.79. The predicted octanol–water partition coefficient (Wildman–Crippen LogP) is 2.32. The van der Waals surface area contributed by atoms with E-state index < -0.39 is 4.92 Å². The zero-order chi connectivity index (χ0) is 15.4. The highest BCUT2D eigenvalue weighted by Gasteiger charge is 2.27. The molecule has 0 spiro atoms. The van der Waals surface area contributed by atoms with E-state index in [-0.39, 0.29) is 35.3 Å². The number of amides is 1. The summed E-state index contributed by atoms with van der Waals surface area (Å²) in [6.45, 7) is 6.29. The summed E-state index contributed by atoms with van der Waals surface area (Å²) >= 11 is 1.43. The molecule has 1 aromatic rings. The van der Waals surface area contributed by atoms with Gasteiger partial charge in [0.2, 0.25) is 5.91 Å². The smallest absolute Gasteiger partial charge is 0.269 e. The van der Waals surface area contributed by atoms with Gasteiger partial charge in [-0.2, -0.15) is 0 Å². The van der Waals surface area contributed by atoms with Crippen molar-refractivity contribution in [1.29, 1.82) is 0 Å². The standard InChI is InChI=1S/C14H19N3O3S.ClH/c1-10-9-15-7-8-16(10)14(18)11(2)21-13-5-3-12(4-6-13)17(19)20;/h3-6,10-11,15H,7-9H2,1-2H3;1H/t10-,11?;/m0./s1. The highest BCUT2D eigenvalue weighted by molar-refractivity contribution is 8.00. The highest BCUT2D eigenvalue weighted by atomic mass is 35.5. The lowest BCUT2D eigenvalue weighted by Crippen LogP contribution is -2.54. The van der Waals surface area contributed by atoms with Gasteiger partial charge in [-0.05, 0) is 26.0 Å². The number of nitrogens with zero attached hydrogens (tertiary/aromatic N) is 2. The summed E-state index contributed by atoms with van der Waals surface area (Å²) in [5, 5.41) is 13.7. The quantitative estimate of drug-likeness (QED) is 0.515. The van der Waals surface area contributed by atoms with E-state index in [0.717, 1.165) is 24.5 Å². The molecule has 1 aromatic carbocycles. The maximum absolute atomic E-state index is 12.5. The van der Waals surface area contributed by atoms with E-state index >= 15 is 0 Å². The van der Waals surface area contributed by atoms with Crippen LogP contribution >= 0.6 is 24.2 Å². The van der Waals surface area contributed by atoms with Crippen LogP contribution in [0.3, 0.4) is 0 Å². The molecule has 1 saturated heterocycles. The molecule has 122 valence electrons. The third-order valence-electron chi connectivity index (χ3n) is 3.49. The first kappa shape index (κ1) is 18.7. The Morgan fingerprint density at radius 1 is 1.45 bits per heavy atom. The van der Waals surface area contributed by atoms with Gasteiger partial charge in [-0.25, -0.2) is 0 Å².